The minimum atomic E-state index is -0.00726. The highest BCUT2D eigenvalue weighted by Gasteiger charge is 2.37. The summed E-state index contributed by atoms with van der Waals surface area (Å²) in [6, 6.07) is 13.8. The van der Waals surface area contributed by atoms with E-state index in [1.165, 1.54) is 0 Å². The second-order valence-electron chi connectivity index (χ2n) is 6.76. The summed E-state index contributed by atoms with van der Waals surface area (Å²) in [6.45, 7) is 6.24. The van der Waals surface area contributed by atoms with E-state index in [2.05, 4.69) is 12.6 Å². The molecule has 2 aromatic carbocycles. The first-order valence-electron chi connectivity index (χ1n) is 8.84. The van der Waals surface area contributed by atoms with E-state index in [0.29, 0.717) is 17.1 Å². The number of hydrogen-bond acceptors (Lipinski definition) is 4. The Bertz CT molecular complexity index is 1100. The Morgan fingerprint density at radius 2 is 1.93 bits per heavy atom. The zero-order valence-corrected chi connectivity index (χ0v) is 14.9. The fourth-order valence-corrected chi connectivity index (χ4v) is 4.18. The van der Waals surface area contributed by atoms with Crippen LogP contribution < -0.4 is 9.47 Å². The highest BCUT2D eigenvalue weighted by Crippen LogP contribution is 2.49. The molecule has 132 valence electrons. The molecule has 0 saturated heterocycles. The molecule has 1 unspecified atom stereocenters. The number of carbonyl (C=O) groups is 1. The van der Waals surface area contributed by atoms with Gasteiger partial charge in [-0.25, -0.2) is 0 Å². The minimum Gasteiger partial charge on any atom is -0.454 e. The number of allylic oxidation sites excluding steroid dienone is 5. The maximum Gasteiger partial charge on any atom is 0.231 e. The van der Waals surface area contributed by atoms with Gasteiger partial charge in [0.15, 0.2) is 17.8 Å². The van der Waals surface area contributed by atoms with Gasteiger partial charge in [0.1, 0.15) is 0 Å². The predicted octanol–water partition coefficient (Wildman–Crippen LogP) is 4.75. The number of hydrogen-bond donors (Lipinski definition) is 0. The van der Waals surface area contributed by atoms with Crippen LogP contribution in [0.5, 0.6) is 11.5 Å². The van der Waals surface area contributed by atoms with E-state index in [9.17, 15) is 4.79 Å². The largest absolute Gasteiger partial charge is 0.454 e. The third kappa shape index (κ3) is 2.16. The highest BCUT2D eigenvalue weighted by atomic mass is 16.7. The van der Waals surface area contributed by atoms with Gasteiger partial charge in [-0.1, -0.05) is 36.9 Å². The summed E-state index contributed by atoms with van der Waals surface area (Å²) < 4.78 is 10.9. The van der Waals surface area contributed by atoms with Gasteiger partial charge in [0, 0.05) is 16.7 Å². The quantitative estimate of drug-likeness (QED) is 0.746. The number of ether oxygens (including phenoxy) is 2. The molecule has 0 bridgehead atoms. The molecular weight excluding hydrogens is 338 g/mol. The molecule has 1 aliphatic carbocycles. The molecule has 4 heteroatoms. The summed E-state index contributed by atoms with van der Waals surface area (Å²) in [4.78, 5) is 17.0. The van der Waals surface area contributed by atoms with Gasteiger partial charge in [-0.3, -0.25) is 9.79 Å². The van der Waals surface area contributed by atoms with Crippen molar-refractivity contribution in [2.45, 2.75) is 12.8 Å². The number of aldehydes is 1. The summed E-state index contributed by atoms with van der Waals surface area (Å²) in [5, 5.41) is 0. The van der Waals surface area contributed by atoms with Crippen LogP contribution in [0.4, 0.5) is 5.69 Å². The fourth-order valence-electron chi connectivity index (χ4n) is 4.18. The number of para-hydroxylation sites is 1. The molecule has 0 fully saturated rings. The molecule has 2 aliphatic heterocycles. The van der Waals surface area contributed by atoms with Crippen LogP contribution in [0.1, 0.15) is 24.0 Å². The van der Waals surface area contributed by atoms with Crippen molar-refractivity contribution in [1.82, 2.24) is 0 Å². The monoisotopic (exact) mass is 355 g/mol. The van der Waals surface area contributed by atoms with E-state index in [-0.39, 0.29) is 12.7 Å². The van der Waals surface area contributed by atoms with Crippen molar-refractivity contribution >= 4 is 23.3 Å². The predicted molar refractivity (Wildman–Crippen MR) is 105 cm³/mol. The van der Waals surface area contributed by atoms with Crippen molar-refractivity contribution in [1.29, 1.82) is 0 Å². The Hall–Kier alpha value is -3.40. The lowest BCUT2D eigenvalue weighted by Crippen LogP contribution is -2.20. The maximum atomic E-state index is 12.1. The molecule has 5 rings (SSSR count). The first-order valence-corrected chi connectivity index (χ1v) is 8.84. The normalized spacial score (nSPS) is 19.6. The van der Waals surface area contributed by atoms with Gasteiger partial charge < -0.3 is 9.47 Å². The van der Waals surface area contributed by atoms with Gasteiger partial charge in [-0.05, 0) is 41.8 Å². The molecule has 0 saturated carbocycles. The molecule has 0 amide bonds. The first kappa shape index (κ1) is 15.8. The van der Waals surface area contributed by atoms with Crippen molar-refractivity contribution in [3.63, 3.8) is 0 Å². The molecule has 0 aromatic heterocycles. The van der Waals surface area contributed by atoms with Crippen molar-refractivity contribution in [2.75, 3.05) is 6.79 Å². The Morgan fingerprint density at radius 3 is 2.74 bits per heavy atom. The number of benzene rings is 2. The Balaban J connectivity index is 1.77. The van der Waals surface area contributed by atoms with Crippen molar-refractivity contribution < 1.29 is 14.3 Å². The van der Waals surface area contributed by atoms with E-state index in [4.69, 9.17) is 14.5 Å². The summed E-state index contributed by atoms with van der Waals surface area (Å²) >= 11 is 0. The summed E-state index contributed by atoms with van der Waals surface area (Å²) in [5.41, 5.74) is 7.36. The minimum absolute atomic E-state index is 0.00726. The van der Waals surface area contributed by atoms with Crippen molar-refractivity contribution in [3.05, 3.63) is 83.0 Å². The Kier molecular flexibility index (Phi) is 3.41. The Morgan fingerprint density at radius 1 is 1.11 bits per heavy atom. The van der Waals surface area contributed by atoms with Gasteiger partial charge in [0.2, 0.25) is 6.79 Å². The number of nitrogens with zero attached hydrogens (tertiary/aromatic N) is 1. The van der Waals surface area contributed by atoms with Crippen LogP contribution in [-0.4, -0.2) is 18.8 Å². The van der Waals surface area contributed by atoms with Gasteiger partial charge >= 0.3 is 0 Å². The van der Waals surface area contributed by atoms with Gasteiger partial charge in [0.25, 0.3) is 0 Å². The van der Waals surface area contributed by atoms with E-state index >= 15 is 0 Å². The van der Waals surface area contributed by atoms with Crippen LogP contribution in [0.2, 0.25) is 0 Å². The molecule has 1 atom stereocenters. The maximum absolute atomic E-state index is 12.1. The van der Waals surface area contributed by atoms with Crippen LogP contribution in [0.3, 0.4) is 0 Å². The number of carbonyl (C=O) groups excluding carboxylic acids is 1. The molecule has 27 heavy (non-hydrogen) atoms. The molecular formula is C23H17NO3. The summed E-state index contributed by atoms with van der Waals surface area (Å²) in [6.07, 6.45) is 2.74. The van der Waals surface area contributed by atoms with E-state index < -0.39 is 0 Å². The molecule has 4 nitrogen and oxygen atoms in total. The standard InChI is InChI=1S/C23H17NO3/c1-3-15-22(14-8-9-19-20(10-14)27-12-26-19)17(11-25)13(2)21-16-6-4-5-7-18(16)24-23(15)21/h3-11,21H,1,12H2,2H3. The summed E-state index contributed by atoms with van der Waals surface area (Å²) in [7, 11) is 0. The first-order chi connectivity index (χ1) is 13.2. The lowest BCUT2D eigenvalue weighted by molar-refractivity contribution is -0.104. The Labute approximate surface area is 157 Å². The molecule has 3 aliphatic rings. The zero-order valence-electron chi connectivity index (χ0n) is 14.9. The second kappa shape index (κ2) is 5.81. The second-order valence-corrected chi connectivity index (χ2v) is 6.76. The van der Waals surface area contributed by atoms with Crippen LogP contribution >= 0.6 is 0 Å². The lowest BCUT2D eigenvalue weighted by atomic mass is 9.74. The highest BCUT2D eigenvalue weighted by molar-refractivity contribution is 6.23. The number of fused-ring (bicyclic) bond motifs is 4. The van der Waals surface area contributed by atoms with Crippen LogP contribution in [0, 0.1) is 0 Å². The average molecular weight is 355 g/mol. The van der Waals surface area contributed by atoms with E-state index in [0.717, 1.165) is 45.5 Å². The molecule has 2 aromatic rings. The fraction of sp³-hybridized carbons (Fsp3) is 0.130. The van der Waals surface area contributed by atoms with Crippen LogP contribution in [0.15, 0.2) is 76.8 Å². The number of aliphatic imine (C=N–C) groups is 1. The van der Waals surface area contributed by atoms with Crippen molar-refractivity contribution in [2.24, 2.45) is 4.99 Å². The molecule has 0 N–H and O–H groups in total. The van der Waals surface area contributed by atoms with Crippen LogP contribution in [-0.2, 0) is 4.79 Å². The van der Waals surface area contributed by atoms with Gasteiger partial charge in [-0.15, -0.1) is 0 Å². The van der Waals surface area contributed by atoms with Gasteiger partial charge in [0.05, 0.1) is 17.3 Å². The SMILES string of the molecule is C=CC1=C(c2ccc3c(c2)OCO3)C(C=O)=C(C)C2C1=Nc1ccccc12. The summed E-state index contributed by atoms with van der Waals surface area (Å²) in [5.74, 6) is 1.39. The zero-order chi connectivity index (χ0) is 18.5. The number of rotatable bonds is 3. The third-order valence-corrected chi connectivity index (χ3v) is 5.42. The van der Waals surface area contributed by atoms with Crippen molar-refractivity contribution in [3.8, 4) is 11.5 Å². The smallest absolute Gasteiger partial charge is 0.231 e. The van der Waals surface area contributed by atoms with E-state index in [1.54, 1.807) is 6.08 Å². The van der Waals surface area contributed by atoms with Crippen LogP contribution in [0.25, 0.3) is 5.57 Å². The third-order valence-electron chi connectivity index (χ3n) is 5.42. The van der Waals surface area contributed by atoms with E-state index in [1.807, 2.05) is 43.3 Å². The molecule has 2 heterocycles. The van der Waals surface area contributed by atoms with Gasteiger partial charge in [-0.2, -0.15) is 0 Å². The lowest BCUT2D eigenvalue weighted by Gasteiger charge is -2.27. The topological polar surface area (TPSA) is 47.9 Å². The molecule has 0 spiro atoms. The average Bonchev–Trinajstić information content (AvgIpc) is 3.31. The molecule has 0 radical (unpaired) electrons.